The number of likely N-dealkylation sites (N-methyl/N-ethyl adjacent to an activating group) is 1. The van der Waals surface area contributed by atoms with Crippen molar-refractivity contribution in [1.82, 2.24) is 9.80 Å². The number of rotatable bonds is 2. The molecule has 0 saturated carbocycles. The largest absolute Gasteiger partial charge is 0.366 e. The van der Waals surface area contributed by atoms with Gasteiger partial charge in [0.05, 0.1) is 11.3 Å². The van der Waals surface area contributed by atoms with Gasteiger partial charge in [-0.05, 0) is 19.2 Å². The van der Waals surface area contributed by atoms with E-state index in [0.717, 1.165) is 13.1 Å². The second kappa shape index (κ2) is 6.36. The van der Waals surface area contributed by atoms with Gasteiger partial charge in [-0.3, -0.25) is 14.4 Å². The Balaban J connectivity index is 2.04. The number of carbonyl (C=O) groups excluding carboxylic acids is 3. The van der Waals surface area contributed by atoms with Crippen LogP contribution in [0.3, 0.4) is 0 Å². The molecule has 0 aromatic heterocycles. The molecule has 1 aromatic carbocycles. The molecule has 2 rings (SSSR count). The lowest BCUT2D eigenvalue weighted by molar-refractivity contribution is -0.144. The average Bonchev–Trinajstić information content (AvgIpc) is 2.47. The molecule has 1 aromatic rings. The Morgan fingerprint density at radius 1 is 1.10 bits per heavy atom. The molecule has 7 heteroatoms. The van der Waals surface area contributed by atoms with Crippen molar-refractivity contribution in [3.05, 3.63) is 29.8 Å². The molecule has 1 fully saturated rings. The molecule has 21 heavy (non-hydrogen) atoms. The van der Waals surface area contributed by atoms with Gasteiger partial charge in [-0.1, -0.05) is 12.1 Å². The number of amides is 3. The van der Waals surface area contributed by atoms with Crippen molar-refractivity contribution in [2.24, 2.45) is 5.73 Å². The number of piperazine rings is 1. The molecule has 0 bridgehead atoms. The molecule has 0 unspecified atom stereocenters. The molecule has 0 aliphatic carbocycles. The molecule has 3 amide bonds. The van der Waals surface area contributed by atoms with E-state index in [2.05, 4.69) is 10.2 Å². The minimum Gasteiger partial charge on any atom is -0.366 e. The number of benzene rings is 1. The number of nitrogens with zero attached hydrogens (tertiary/aromatic N) is 2. The van der Waals surface area contributed by atoms with Crippen LogP contribution in [-0.4, -0.2) is 60.7 Å². The molecule has 112 valence electrons. The van der Waals surface area contributed by atoms with Crippen LogP contribution in [-0.2, 0) is 9.59 Å². The van der Waals surface area contributed by atoms with Gasteiger partial charge >= 0.3 is 11.8 Å². The van der Waals surface area contributed by atoms with E-state index in [0.29, 0.717) is 13.1 Å². The first kappa shape index (κ1) is 15.0. The van der Waals surface area contributed by atoms with Gasteiger partial charge in [0.2, 0.25) is 0 Å². The van der Waals surface area contributed by atoms with Gasteiger partial charge in [0.15, 0.2) is 0 Å². The van der Waals surface area contributed by atoms with Gasteiger partial charge in [0, 0.05) is 26.2 Å². The summed E-state index contributed by atoms with van der Waals surface area (Å²) < 4.78 is 0. The van der Waals surface area contributed by atoms with Crippen LogP contribution in [0.2, 0.25) is 0 Å². The van der Waals surface area contributed by atoms with Gasteiger partial charge in [-0.25, -0.2) is 0 Å². The SMILES string of the molecule is CN1CCN(C(=O)C(=O)Nc2ccccc2C(N)=O)CC1. The van der Waals surface area contributed by atoms with Crippen LogP contribution in [0.5, 0.6) is 0 Å². The lowest BCUT2D eigenvalue weighted by atomic mass is 10.1. The van der Waals surface area contributed by atoms with Crippen molar-refractivity contribution < 1.29 is 14.4 Å². The van der Waals surface area contributed by atoms with Gasteiger partial charge in [0.25, 0.3) is 5.91 Å². The zero-order valence-electron chi connectivity index (χ0n) is 11.8. The quantitative estimate of drug-likeness (QED) is 0.718. The van der Waals surface area contributed by atoms with Crippen LogP contribution < -0.4 is 11.1 Å². The third kappa shape index (κ3) is 3.57. The Morgan fingerprint density at radius 3 is 2.33 bits per heavy atom. The minimum absolute atomic E-state index is 0.178. The molecule has 1 saturated heterocycles. The maximum absolute atomic E-state index is 12.1. The van der Waals surface area contributed by atoms with Gasteiger partial charge in [-0.2, -0.15) is 0 Å². The predicted octanol–water partition coefficient (Wildman–Crippen LogP) is -0.502. The van der Waals surface area contributed by atoms with Crippen LogP contribution >= 0.6 is 0 Å². The molecule has 3 N–H and O–H groups in total. The fourth-order valence-electron chi connectivity index (χ4n) is 2.14. The smallest absolute Gasteiger partial charge is 0.313 e. The lowest BCUT2D eigenvalue weighted by Gasteiger charge is -2.31. The number of para-hydroxylation sites is 1. The summed E-state index contributed by atoms with van der Waals surface area (Å²) in [7, 11) is 1.96. The molecular weight excluding hydrogens is 272 g/mol. The Kier molecular flexibility index (Phi) is 4.54. The summed E-state index contributed by atoms with van der Waals surface area (Å²) in [5.41, 5.74) is 5.66. The van der Waals surface area contributed by atoms with Crippen molar-refractivity contribution in [3.8, 4) is 0 Å². The average molecular weight is 290 g/mol. The van der Waals surface area contributed by atoms with Crippen LogP contribution in [0, 0.1) is 0 Å². The standard InChI is InChI=1S/C14H18N4O3/c1-17-6-8-18(9-7-17)14(21)13(20)16-11-5-3-2-4-10(11)12(15)19/h2-5H,6-9H2,1H3,(H2,15,19)(H,16,20). The number of hydrogen-bond acceptors (Lipinski definition) is 4. The van der Waals surface area contributed by atoms with Crippen LogP contribution in [0.1, 0.15) is 10.4 Å². The summed E-state index contributed by atoms with van der Waals surface area (Å²) in [6.07, 6.45) is 0. The predicted molar refractivity (Wildman–Crippen MR) is 77.7 cm³/mol. The number of carbonyl (C=O) groups is 3. The van der Waals surface area contributed by atoms with Gasteiger partial charge < -0.3 is 20.9 Å². The van der Waals surface area contributed by atoms with Gasteiger partial charge in [0.1, 0.15) is 0 Å². The highest BCUT2D eigenvalue weighted by Gasteiger charge is 2.25. The fraction of sp³-hybridized carbons (Fsp3) is 0.357. The van der Waals surface area contributed by atoms with Crippen LogP contribution in [0.15, 0.2) is 24.3 Å². The Labute approximate surface area is 122 Å². The topological polar surface area (TPSA) is 95.7 Å². The van der Waals surface area contributed by atoms with E-state index in [1.807, 2.05) is 7.05 Å². The van der Waals surface area contributed by atoms with E-state index in [-0.39, 0.29) is 11.3 Å². The summed E-state index contributed by atoms with van der Waals surface area (Å²) in [4.78, 5) is 38.9. The molecular formula is C14H18N4O3. The third-order valence-electron chi connectivity index (χ3n) is 3.43. The van der Waals surface area contributed by atoms with E-state index in [4.69, 9.17) is 5.73 Å². The molecule has 1 heterocycles. The number of nitrogens with one attached hydrogen (secondary N) is 1. The summed E-state index contributed by atoms with van der Waals surface area (Å²) in [5.74, 6) is -2.01. The summed E-state index contributed by atoms with van der Waals surface area (Å²) in [6, 6.07) is 6.33. The zero-order chi connectivity index (χ0) is 15.4. The first-order valence-corrected chi connectivity index (χ1v) is 6.66. The molecule has 0 atom stereocenters. The highest BCUT2D eigenvalue weighted by atomic mass is 16.2. The Hall–Kier alpha value is -2.41. The molecule has 1 aliphatic heterocycles. The highest BCUT2D eigenvalue weighted by molar-refractivity contribution is 6.39. The second-order valence-corrected chi connectivity index (χ2v) is 4.96. The maximum Gasteiger partial charge on any atom is 0.313 e. The van der Waals surface area contributed by atoms with E-state index >= 15 is 0 Å². The summed E-state index contributed by atoms with van der Waals surface area (Å²) in [5, 5.41) is 2.46. The Bertz CT molecular complexity index is 565. The molecule has 0 radical (unpaired) electrons. The summed E-state index contributed by atoms with van der Waals surface area (Å²) in [6.45, 7) is 2.49. The van der Waals surface area contributed by atoms with E-state index in [9.17, 15) is 14.4 Å². The van der Waals surface area contributed by atoms with Crippen LogP contribution in [0.4, 0.5) is 5.69 Å². The van der Waals surface area contributed by atoms with E-state index in [1.54, 1.807) is 12.1 Å². The molecule has 1 aliphatic rings. The summed E-state index contributed by atoms with van der Waals surface area (Å²) >= 11 is 0. The molecule has 0 spiro atoms. The number of anilines is 1. The monoisotopic (exact) mass is 290 g/mol. The highest BCUT2D eigenvalue weighted by Crippen LogP contribution is 2.14. The molecule has 7 nitrogen and oxygen atoms in total. The van der Waals surface area contributed by atoms with Crippen molar-refractivity contribution >= 4 is 23.4 Å². The van der Waals surface area contributed by atoms with E-state index in [1.165, 1.54) is 17.0 Å². The van der Waals surface area contributed by atoms with Gasteiger partial charge in [-0.15, -0.1) is 0 Å². The lowest BCUT2D eigenvalue weighted by Crippen LogP contribution is -2.50. The maximum atomic E-state index is 12.1. The number of hydrogen-bond donors (Lipinski definition) is 2. The normalized spacial score (nSPS) is 15.6. The van der Waals surface area contributed by atoms with Crippen molar-refractivity contribution in [3.63, 3.8) is 0 Å². The zero-order valence-corrected chi connectivity index (χ0v) is 11.8. The van der Waals surface area contributed by atoms with Crippen molar-refractivity contribution in [1.29, 1.82) is 0 Å². The number of primary amides is 1. The second-order valence-electron chi connectivity index (χ2n) is 4.96. The Morgan fingerprint density at radius 2 is 1.71 bits per heavy atom. The third-order valence-corrected chi connectivity index (χ3v) is 3.43. The van der Waals surface area contributed by atoms with Crippen molar-refractivity contribution in [2.45, 2.75) is 0 Å². The van der Waals surface area contributed by atoms with E-state index < -0.39 is 17.7 Å². The van der Waals surface area contributed by atoms with Crippen LogP contribution in [0.25, 0.3) is 0 Å². The number of nitrogens with two attached hydrogens (primary N) is 1. The first-order valence-electron chi connectivity index (χ1n) is 6.66. The minimum atomic E-state index is -0.756. The first-order chi connectivity index (χ1) is 9.99. The van der Waals surface area contributed by atoms with Crippen molar-refractivity contribution in [2.75, 3.05) is 38.5 Å². The fourth-order valence-corrected chi connectivity index (χ4v) is 2.14.